The summed E-state index contributed by atoms with van der Waals surface area (Å²) in [6.45, 7) is 5.84. The zero-order valence-electron chi connectivity index (χ0n) is 11.9. The molecule has 1 aromatic heterocycles. The minimum Gasteiger partial charge on any atom is -0.309 e. The normalized spacial score (nSPS) is 10.8. The molecule has 0 spiro atoms. The summed E-state index contributed by atoms with van der Waals surface area (Å²) in [5.74, 6) is 0.272. The molecule has 0 atom stereocenters. The fourth-order valence-corrected chi connectivity index (χ4v) is 2.22. The number of aryl methyl sites for hydroxylation is 1. The van der Waals surface area contributed by atoms with Crippen molar-refractivity contribution in [3.63, 3.8) is 0 Å². The van der Waals surface area contributed by atoms with E-state index in [1.165, 1.54) is 0 Å². The number of rotatable bonds is 6. The molecule has 0 fully saturated rings. The van der Waals surface area contributed by atoms with Crippen molar-refractivity contribution < 1.29 is 4.79 Å². The van der Waals surface area contributed by atoms with E-state index in [0.29, 0.717) is 18.7 Å². The first kappa shape index (κ1) is 15.2. The van der Waals surface area contributed by atoms with Crippen LogP contribution >= 0.6 is 0 Å². The van der Waals surface area contributed by atoms with Gasteiger partial charge in [0, 0.05) is 5.69 Å². The lowest BCUT2D eigenvalue weighted by molar-refractivity contribution is -0.123. The highest BCUT2D eigenvalue weighted by Gasteiger charge is 2.37. The summed E-state index contributed by atoms with van der Waals surface area (Å²) >= 11 is 0. The molecule has 0 bridgehead atoms. The van der Waals surface area contributed by atoms with Crippen molar-refractivity contribution in [1.29, 1.82) is 5.26 Å². The van der Waals surface area contributed by atoms with Crippen LogP contribution in [0.5, 0.6) is 0 Å². The summed E-state index contributed by atoms with van der Waals surface area (Å²) in [7, 11) is 0. The second kappa shape index (κ2) is 6.89. The van der Waals surface area contributed by atoms with E-state index < -0.39 is 5.41 Å². The zero-order valence-corrected chi connectivity index (χ0v) is 11.9. The topological polar surface area (TPSA) is 65.8 Å². The molecule has 0 aromatic carbocycles. The highest BCUT2D eigenvalue weighted by Crippen LogP contribution is 2.30. The van der Waals surface area contributed by atoms with Crippen molar-refractivity contribution in [1.82, 2.24) is 4.98 Å². The molecule has 0 saturated carbocycles. The van der Waals surface area contributed by atoms with E-state index in [2.05, 4.69) is 16.4 Å². The Morgan fingerprint density at radius 2 is 2.00 bits per heavy atom. The molecule has 1 rings (SSSR count). The standard InChI is InChI=1S/C15H21N3O/c1-4-9-15(11-16,10-5-2)14(19)18-13-8-6-7-12(3)17-13/h6-8H,4-5,9-10H2,1-3H3,(H,17,18,19). The van der Waals surface area contributed by atoms with Crippen LogP contribution in [0.1, 0.15) is 45.2 Å². The van der Waals surface area contributed by atoms with Crippen molar-refractivity contribution in [2.45, 2.75) is 46.5 Å². The van der Waals surface area contributed by atoms with Crippen LogP contribution in [0.15, 0.2) is 18.2 Å². The van der Waals surface area contributed by atoms with Gasteiger partial charge in [-0.25, -0.2) is 4.98 Å². The Morgan fingerprint density at radius 3 is 2.47 bits per heavy atom. The highest BCUT2D eigenvalue weighted by atomic mass is 16.2. The molecular weight excluding hydrogens is 238 g/mol. The first-order chi connectivity index (χ1) is 9.07. The number of aromatic nitrogens is 1. The first-order valence-electron chi connectivity index (χ1n) is 6.74. The molecule has 0 aliphatic carbocycles. The summed E-state index contributed by atoms with van der Waals surface area (Å²) < 4.78 is 0. The van der Waals surface area contributed by atoms with Crippen molar-refractivity contribution in [3.05, 3.63) is 23.9 Å². The van der Waals surface area contributed by atoms with Crippen LogP contribution in [0.4, 0.5) is 5.82 Å². The van der Waals surface area contributed by atoms with Crippen LogP contribution in [-0.4, -0.2) is 10.9 Å². The molecule has 0 radical (unpaired) electrons. The van der Waals surface area contributed by atoms with E-state index >= 15 is 0 Å². The summed E-state index contributed by atoms with van der Waals surface area (Å²) in [5.41, 5.74) is -0.0964. The number of carbonyl (C=O) groups excluding carboxylic acids is 1. The fourth-order valence-electron chi connectivity index (χ4n) is 2.22. The van der Waals surface area contributed by atoms with Crippen molar-refractivity contribution in [3.8, 4) is 6.07 Å². The lowest BCUT2D eigenvalue weighted by Gasteiger charge is -2.24. The minimum absolute atomic E-state index is 0.239. The molecule has 0 saturated heterocycles. The Balaban J connectivity index is 2.91. The Kier molecular flexibility index (Phi) is 5.50. The van der Waals surface area contributed by atoms with E-state index in [1.807, 2.05) is 32.9 Å². The maximum atomic E-state index is 12.4. The van der Waals surface area contributed by atoms with Gasteiger partial charge in [0.2, 0.25) is 5.91 Å². The van der Waals surface area contributed by atoms with Crippen LogP contribution in [0, 0.1) is 23.7 Å². The third kappa shape index (κ3) is 3.78. The second-order valence-corrected chi connectivity index (χ2v) is 4.81. The number of carbonyl (C=O) groups is 1. The van der Waals surface area contributed by atoms with Crippen molar-refractivity contribution >= 4 is 11.7 Å². The summed E-state index contributed by atoms with van der Waals surface area (Å²) in [6, 6.07) is 7.66. The molecule has 4 nitrogen and oxygen atoms in total. The number of nitrogens with one attached hydrogen (secondary N) is 1. The largest absolute Gasteiger partial charge is 0.309 e. The van der Waals surface area contributed by atoms with Crippen molar-refractivity contribution in [2.24, 2.45) is 5.41 Å². The number of nitrogens with zero attached hydrogens (tertiary/aromatic N) is 2. The average Bonchev–Trinajstić information content (AvgIpc) is 2.38. The van der Waals surface area contributed by atoms with Crippen LogP contribution < -0.4 is 5.32 Å². The van der Waals surface area contributed by atoms with Crippen molar-refractivity contribution in [2.75, 3.05) is 5.32 Å². The van der Waals surface area contributed by atoms with Crippen LogP contribution in [0.25, 0.3) is 0 Å². The number of nitriles is 1. The van der Waals surface area contributed by atoms with Gasteiger partial charge in [-0.05, 0) is 31.9 Å². The molecule has 19 heavy (non-hydrogen) atoms. The van der Waals surface area contributed by atoms with Crippen LogP contribution in [-0.2, 0) is 4.79 Å². The summed E-state index contributed by atoms with van der Waals surface area (Å²) in [4.78, 5) is 16.6. The SMILES string of the molecule is CCCC(C#N)(CCC)C(=O)Nc1cccc(C)n1. The number of hydrogen-bond donors (Lipinski definition) is 1. The Bertz CT molecular complexity index is 471. The maximum absolute atomic E-state index is 12.4. The van der Waals surface area contributed by atoms with E-state index in [9.17, 15) is 10.1 Å². The van der Waals surface area contributed by atoms with Gasteiger partial charge >= 0.3 is 0 Å². The molecule has 0 aliphatic rings. The van der Waals surface area contributed by atoms with Gasteiger partial charge in [0.05, 0.1) is 6.07 Å². The Labute approximate surface area is 114 Å². The Morgan fingerprint density at radius 1 is 1.37 bits per heavy atom. The van der Waals surface area contributed by atoms with Gasteiger partial charge in [-0.3, -0.25) is 4.79 Å². The average molecular weight is 259 g/mol. The summed E-state index contributed by atoms with van der Waals surface area (Å²) in [5, 5.41) is 12.2. The van der Waals surface area contributed by atoms with Crippen LogP contribution in [0.2, 0.25) is 0 Å². The summed E-state index contributed by atoms with van der Waals surface area (Å²) in [6.07, 6.45) is 2.77. The molecule has 4 heteroatoms. The van der Waals surface area contributed by atoms with Gasteiger partial charge in [-0.15, -0.1) is 0 Å². The molecular formula is C15H21N3O. The smallest absolute Gasteiger partial charge is 0.246 e. The number of anilines is 1. The van der Waals surface area contributed by atoms with E-state index in [-0.39, 0.29) is 5.91 Å². The van der Waals surface area contributed by atoms with Gasteiger partial charge < -0.3 is 5.32 Å². The molecule has 1 aromatic rings. The van der Waals surface area contributed by atoms with Gasteiger partial charge in [0.25, 0.3) is 0 Å². The molecule has 0 unspecified atom stereocenters. The molecule has 1 N–H and O–H groups in total. The van der Waals surface area contributed by atoms with Gasteiger partial charge in [-0.1, -0.05) is 32.8 Å². The molecule has 102 valence electrons. The monoisotopic (exact) mass is 259 g/mol. The number of pyridine rings is 1. The van der Waals surface area contributed by atoms with Gasteiger partial charge in [0.15, 0.2) is 0 Å². The van der Waals surface area contributed by atoms with Gasteiger partial charge in [-0.2, -0.15) is 5.26 Å². The van der Waals surface area contributed by atoms with E-state index in [1.54, 1.807) is 6.07 Å². The van der Waals surface area contributed by atoms with Crippen LogP contribution in [0.3, 0.4) is 0 Å². The molecule has 1 amide bonds. The lowest BCUT2D eigenvalue weighted by atomic mass is 9.80. The zero-order chi connectivity index (χ0) is 14.3. The lowest BCUT2D eigenvalue weighted by Crippen LogP contribution is -2.35. The predicted octanol–water partition coefficient (Wildman–Crippen LogP) is 3.44. The second-order valence-electron chi connectivity index (χ2n) is 4.81. The molecule has 1 heterocycles. The third-order valence-electron chi connectivity index (χ3n) is 3.13. The highest BCUT2D eigenvalue weighted by molar-refractivity contribution is 5.96. The Hall–Kier alpha value is -1.89. The number of hydrogen-bond acceptors (Lipinski definition) is 3. The number of amides is 1. The first-order valence-corrected chi connectivity index (χ1v) is 6.74. The third-order valence-corrected chi connectivity index (χ3v) is 3.13. The maximum Gasteiger partial charge on any atom is 0.246 e. The van der Waals surface area contributed by atoms with Gasteiger partial charge in [0.1, 0.15) is 11.2 Å². The minimum atomic E-state index is -0.936. The van der Waals surface area contributed by atoms with E-state index in [4.69, 9.17) is 0 Å². The van der Waals surface area contributed by atoms with E-state index in [0.717, 1.165) is 18.5 Å². The fraction of sp³-hybridized carbons (Fsp3) is 0.533. The molecule has 0 aliphatic heterocycles. The predicted molar refractivity (Wildman–Crippen MR) is 75.5 cm³/mol. The quantitative estimate of drug-likeness (QED) is 0.851.